The number of aromatic carboxylic acids is 1. The molecule has 0 radical (unpaired) electrons. The van der Waals surface area contributed by atoms with Crippen molar-refractivity contribution in [1.29, 1.82) is 0 Å². The molecule has 0 saturated carbocycles. The number of hydrogen-bond acceptors (Lipinski definition) is 4. The maximum absolute atomic E-state index is 11.7. The summed E-state index contributed by atoms with van der Waals surface area (Å²) in [7, 11) is 3.02. The van der Waals surface area contributed by atoms with Crippen molar-refractivity contribution in [3.63, 3.8) is 0 Å². The first-order chi connectivity index (χ1) is 10.7. The van der Waals surface area contributed by atoms with Crippen LogP contribution >= 0.6 is 0 Å². The van der Waals surface area contributed by atoms with Gasteiger partial charge in [-0.25, -0.2) is 4.79 Å². The van der Waals surface area contributed by atoms with Gasteiger partial charge in [0.1, 0.15) is 16.9 Å². The minimum atomic E-state index is -1.05. The second-order valence-electron chi connectivity index (χ2n) is 4.68. The van der Waals surface area contributed by atoms with Gasteiger partial charge >= 0.3 is 5.97 Å². The van der Waals surface area contributed by atoms with Gasteiger partial charge in [0, 0.05) is 17.0 Å². The number of carboxylic acid groups (broad SMARTS) is 1. The monoisotopic (exact) mass is 298 g/mol. The van der Waals surface area contributed by atoms with Gasteiger partial charge < -0.3 is 19.0 Å². The lowest BCUT2D eigenvalue weighted by molar-refractivity contribution is 0.0699. The number of carboxylic acids is 1. The van der Waals surface area contributed by atoms with Gasteiger partial charge in [-0.2, -0.15) is 0 Å². The average Bonchev–Trinajstić information content (AvgIpc) is 2.92. The Morgan fingerprint density at radius 3 is 2.27 bits per heavy atom. The van der Waals surface area contributed by atoms with E-state index >= 15 is 0 Å². The van der Waals surface area contributed by atoms with Crippen LogP contribution in [0.2, 0.25) is 0 Å². The van der Waals surface area contributed by atoms with Crippen LogP contribution in [0.5, 0.6) is 11.5 Å². The van der Waals surface area contributed by atoms with Gasteiger partial charge in [0.15, 0.2) is 11.5 Å². The number of methoxy groups -OCH3 is 2. The van der Waals surface area contributed by atoms with Gasteiger partial charge in [-0.1, -0.05) is 30.3 Å². The van der Waals surface area contributed by atoms with Crippen LogP contribution in [-0.4, -0.2) is 25.3 Å². The summed E-state index contributed by atoms with van der Waals surface area (Å²) < 4.78 is 16.2. The molecule has 0 aliphatic rings. The van der Waals surface area contributed by atoms with Gasteiger partial charge in [-0.3, -0.25) is 0 Å². The molecule has 3 aromatic rings. The third-order valence-electron chi connectivity index (χ3n) is 3.44. The molecule has 0 bridgehead atoms. The predicted octanol–water partition coefficient (Wildman–Crippen LogP) is 3.82. The Bertz CT molecular complexity index is 833. The van der Waals surface area contributed by atoms with Crippen LogP contribution in [0.1, 0.15) is 10.4 Å². The van der Waals surface area contributed by atoms with Crippen LogP contribution in [0, 0.1) is 0 Å². The molecule has 2 aromatic carbocycles. The zero-order chi connectivity index (χ0) is 15.7. The summed E-state index contributed by atoms with van der Waals surface area (Å²) in [6.07, 6.45) is 0. The third-order valence-corrected chi connectivity index (χ3v) is 3.44. The van der Waals surface area contributed by atoms with E-state index in [1.54, 1.807) is 24.3 Å². The van der Waals surface area contributed by atoms with Crippen molar-refractivity contribution in [2.75, 3.05) is 14.2 Å². The van der Waals surface area contributed by atoms with Crippen molar-refractivity contribution < 1.29 is 23.8 Å². The molecule has 0 aliphatic carbocycles. The van der Waals surface area contributed by atoms with Crippen molar-refractivity contribution in [3.05, 3.63) is 48.0 Å². The van der Waals surface area contributed by atoms with Crippen molar-refractivity contribution in [3.8, 4) is 22.8 Å². The largest absolute Gasteiger partial charge is 0.493 e. The number of benzene rings is 2. The molecule has 1 N–H and O–H groups in total. The second kappa shape index (κ2) is 5.44. The van der Waals surface area contributed by atoms with Gasteiger partial charge in [-0.15, -0.1) is 0 Å². The number of carbonyl (C=O) groups is 1. The first-order valence-corrected chi connectivity index (χ1v) is 6.63. The van der Waals surface area contributed by atoms with Crippen LogP contribution in [0.15, 0.2) is 46.9 Å². The van der Waals surface area contributed by atoms with Crippen LogP contribution in [-0.2, 0) is 0 Å². The zero-order valence-electron chi connectivity index (χ0n) is 12.1. The predicted molar refractivity (Wildman–Crippen MR) is 81.7 cm³/mol. The summed E-state index contributed by atoms with van der Waals surface area (Å²) in [6, 6.07) is 12.4. The summed E-state index contributed by atoms with van der Waals surface area (Å²) >= 11 is 0. The maximum Gasteiger partial charge on any atom is 0.340 e. The fraction of sp³-hybridized carbons (Fsp3) is 0.118. The molecule has 0 aliphatic heterocycles. The van der Waals surface area contributed by atoms with Crippen LogP contribution < -0.4 is 9.47 Å². The van der Waals surface area contributed by atoms with E-state index in [1.807, 2.05) is 18.2 Å². The van der Waals surface area contributed by atoms with Crippen molar-refractivity contribution in [1.82, 2.24) is 0 Å². The summed E-state index contributed by atoms with van der Waals surface area (Å²) in [5, 5.41) is 10.0. The molecule has 1 aromatic heterocycles. The molecule has 5 heteroatoms. The topological polar surface area (TPSA) is 68.9 Å². The van der Waals surface area contributed by atoms with E-state index < -0.39 is 5.97 Å². The molecule has 22 heavy (non-hydrogen) atoms. The van der Waals surface area contributed by atoms with Crippen LogP contribution in [0.25, 0.3) is 22.3 Å². The standard InChI is InChI=1S/C17H14O5/c1-20-13-8-11-12(9-14(13)21-2)22-16(15(11)17(18)19)10-6-4-3-5-7-10/h3-9H,1-2H3,(H,18,19). The average molecular weight is 298 g/mol. The highest BCUT2D eigenvalue weighted by Gasteiger charge is 2.23. The molecular formula is C17H14O5. The Morgan fingerprint density at radius 1 is 1.05 bits per heavy atom. The van der Waals surface area contributed by atoms with E-state index in [0.717, 1.165) is 0 Å². The molecule has 3 rings (SSSR count). The van der Waals surface area contributed by atoms with E-state index in [4.69, 9.17) is 13.9 Å². The van der Waals surface area contributed by atoms with Gasteiger partial charge in [0.05, 0.1) is 14.2 Å². The van der Waals surface area contributed by atoms with E-state index in [1.165, 1.54) is 14.2 Å². The SMILES string of the molecule is COc1cc2oc(-c3ccccc3)c(C(=O)O)c2cc1OC. The third kappa shape index (κ3) is 2.16. The number of rotatable bonds is 4. The molecule has 0 spiro atoms. The lowest BCUT2D eigenvalue weighted by Gasteiger charge is -2.06. The van der Waals surface area contributed by atoms with E-state index in [0.29, 0.717) is 33.8 Å². The van der Waals surface area contributed by atoms with E-state index in [2.05, 4.69) is 0 Å². The Kier molecular flexibility index (Phi) is 3.47. The van der Waals surface area contributed by atoms with Gasteiger partial charge in [-0.05, 0) is 6.07 Å². The van der Waals surface area contributed by atoms with Crippen molar-refractivity contribution in [2.45, 2.75) is 0 Å². The summed E-state index contributed by atoms with van der Waals surface area (Å²) in [4.78, 5) is 11.7. The molecule has 112 valence electrons. The molecule has 0 unspecified atom stereocenters. The fourth-order valence-corrected chi connectivity index (χ4v) is 2.43. The number of ether oxygens (including phenoxy) is 2. The molecule has 0 amide bonds. The summed E-state index contributed by atoms with van der Waals surface area (Å²) in [5.74, 6) is 0.210. The quantitative estimate of drug-likeness (QED) is 0.793. The van der Waals surface area contributed by atoms with Gasteiger partial charge in [0.2, 0.25) is 0 Å². The number of hydrogen-bond donors (Lipinski definition) is 1. The summed E-state index contributed by atoms with van der Waals surface area (Å²) in [5.41, 5.74) is 1.25. The molecule has 0 fully saturated rings. The first kappa shape index (κ1) is 14.0. The minimum absolute atomic E-state index is 0.113. The Balaban J connectivity index is 2.34. The molecule has 5 nitrogen and oxygen atoms in total. The van der Waals surface area contributed by atoms with Crippen LogP contribution in [0.3, 0.4) is 0 Å². The Hall–Kier alpha value is -2.95. The highest BCUT2D eigenvalue weighted by atomic mass is 16.5. The van der Waals surface area contributed by atoms with E-state index in [-0.39, 0.29) is 5.56 Å². The normalized spacial score (nSPS) is 10.6. The minimum Gasteiger partial charge on any atom is -0.493 e. The smallest absolute Gasteiger partial charge is 0.340 e. The maximum atomic E-state index is 11.7. The van der Waals surface area contributed by atoms with Gasteiger partial charge in [0.25, 0.3) is 0 Å². The molecule has 0 atom stereocenters. The number of furan rings is 1. The fourth-order valence-electron chi connectivity index (χ4n) is 2.43. The highest BCUT2D eigenvalue weighted by molar-refractivity contribution is 6.08. The Labute approximate surface area is 126 Å². The Morgan fingerprint density at radius 2 is 1.68 bits per heavy atom. The van der Waals surface area contributed by atoms with Crippen molar-refractivity contribution in [2.24, 2.45) is 0 Å². The van der Waals surface area contributed by atoms with Crippen molar-refractivity contribution >= 4 is 16.9 Å². The lowest BCUT2D eigenvalue weighted by atomic mass is 10.1. The van der Waals surface area contributed by atoms with Crippen LogP contribution in [0.4, 0.5) is 0 Å². The highest BCUT2D eigenvalue weighted by Crippen LogP contribution is 2.39. The number of fused-ring (bicyclic) bond motifs is 1. The first-order valence-electron chi connectivity index (χ1n) is 6.63. The second-order valence-corrected chi connectivity index (χ2v) is 4.68. The molecule has 1 heterocycles. The summed E-state index contributed by atoms with van der Waals surface area (Å²) in [6.45, 7) is 0. The lowest BCUT2D eigenvalue weighted by Crippen LogP contribution is -1.97. The van der Waals surface area contributed by atoms with E-state index in [9.17, 15) is 9.90 Å². The zero-order valence-corrected chi connectivity index (χ0v) is 12.1. The molecular weight excluding hydrogens is 284 g/mol. The molecule has 0 saturated heterocycles.